The van der Waals surface area contributed by atoms with E-state index in [4.69, 9.17) is 0 Å². The molecule has 0 aliphatic carbocycles. The quantitative estimate of drug-likeness (QED) is 0.312. The van der Waals surface area contributed by atoms with Crippen molar-refractivity contribution in [2.45, 2.75) is 117 Å². The zero-order valence-electron chi connectivity index (χ0n) is 15.6. The van der Waals surface area contributed by atoms with Crippen molar-refractivity contribution in [3.05, 3.63) is 0 Å². The van der Waals surface area contributed by atoms with E-state index in [1.165, 1.54) is 90.0 Å². The maximum atomic E-state index is 3.49. The highest BCUT2D eigenvalue weighted by Gasteiger charge is 1.96. The Kier molecular flexibility index (Phi) is 16.3. The molecule has 1 heteroatoms. The molecule has 0 aliphatic heterocycles. The van der Waals surface area contributed by atoms with Gasteiger partial charge in [0.1, 0.15) is 0 Å². The van der Waals surface area contributed by atoms with Gasteiger partial charge >= 0.3 is 0 Å². The lowest BCUT2D eigenvalue weighted by Gasteiger charge is -2.07. The predicted molar refractivity (Wildman–Crippen MR) is 98.0 cm³/mol. The predicted octanol–water partition coefficient (Wildman–Crippen LogP) is 6.71. The molecule has 0 atom stereocenters. The number of hydrogen-bond acceptors (Lipinski definition) is 1. The van der Waals surface area contributed by atoms with Crippen LogP contribution in [-0.4, -0.2) is 12.6 Å². The molecule has 0 aromatic rings. The van der Waals surface area contributed by atoms with Crippen molar-refractivity contribution in [2.24, 2.45) is 5.92 Å². The molecule has 0 unspecified atom stereocenters. The van der Waals surface area contributed by atoms with Crippen LogP contribution in [0.4, 0.5) is 0 Å². The van der Waals surface area contributed by atoms with Crippen LogP contribution in [0.25, 0.3) is 0 Å². The lowest BCUT2D eigenvalue weighted by Crippen LogP contribution is -2.23. The maximum absolute atomic E-state index is 3.49. The third-order valence-corrected chi connectivity index (χ3v) is 4.26. The SMILES string of the molecule is CC(C)CCCCCCCCCCCCCCNC(C)C. The molecule has 0 amide bonds. The Bertz CT molecular complexity index is 166. The molecular formula is C20H43N. The first-order chi connectivity index (χ1) is 10.1. The van der Waals surface area contributed by atoms with Crippen LogP contribution in [-0.2, 0) is 0 Å². The number of rotatable bonds is 16. The van der Waals surface area contributed by atoms with Gasteiger partial charge in [0.05, 0.1) is 0 Å². The van der Waals surface area contributed by atoms with Crippen molar-refractivity contribution in [1.82, 2.24) is 5.32 Å². The molecule has 0 rings (SSSR count). The van der Waals surface area contributed by atoms with E-state index in [-0.39, 0.29) is 0 Å². The van der Waals surface area contributed by atoms with Crippen molar-refractivity contribution < 1.29 is 0 Å². The summed E-state index contributed by atoms with van der Waals surface area (Å²) in [6.45, 7) is 10.3. The van der Waals surface area contributed by atoms with Crippen LogP contribution in [0, 0.1) is 5.92 Å². The Morgan fingerprint density at radius 1 is 0.524 bits per heavy atom. The highest BCUT2D eigenvalue weighted by Crippen LogP contribution is 2.13. The molecular weight excluding hydrogens is 254 g/mol. The molecule has 21 heavy (non-hydrogen) atoms. The minimum atomic E-state index is 0.648. The highest BCUT2D eigenvalue weighted by atomic mass is 14.9. The van der Waals surface area contributed by atoms with Gasteiger partial charge in [-0.2, -0.15) is 0 Å². The van der Waals surface area contributed by atoms with Crippen LogP contribution in [0.2, 0.25) is 0 Å². The van der Waals surface area contributed by atoms with Crippen molar-refractivity contribution in [3.63, 3.8) is 0 Å². The summed E-state index contributed by atoms with van der Waals surface area (Å²) >= 11 is 0. The van der Waals surface area contributed by atoms with Gasteiger partial charge in [-0.25, -0.2) is 0 Å². The van der Waals surface area contributed by atoms with E-state index in [1.54, 1.807) is 0 Å². The number of nitrogens with one attached hydrogen (secondary N) is 1. The molecule has 1 N–H and O–H groups in total. The van der Waals surface area contributed by atoms with Crippen molar-refractivity contribution >= 4 is 0 Å². The molecule has 0 radical (unpaired) electrons. The van der Waals surface area contributed by atoms with Crippen LogP contribution < -0.4 is 5.32 Å². The second-order valence-electron chi connectivity index (χ2n) is 7.53. The summed E-state index contributed by atoms with van der Waals surface area (Å²) in [5, 5.41) is 3.49. The fraction of sp³-hybridized carbons (Fsp3) is 1.00. The number of hydrogen-bond donors (Lipinski definition) is 1. The Morgan fingerprint density at radius 2 is 0.905 bits per heavy atom. The van der Waals surface area contributed by atoms with E-state index < -0.39 is 0 Å². The second kappa shape index (κ2) is 16.3. The Morgan fingerprint density at radius 3 is 1.29 bits per heavy atom. The highest BCUT2D eigenvalue weighted by molar-refractivity contribution is 4.54. The Balaban J connectivity index is 2.96. The average molecular weight is 298 g/mol. The molecule has 0 saturated heterocycles. The topological polar surface area (TPSA) is 12.0 Å². The first kappa shape index (κ1) is 21.0. The summed E-state index contributed by atoms with van der Waals surface area (Å²) in [5.41, 5.74) is 0. The van der Waals surface area contributed by atoms with E-state index >= 15 is 0 Å². The van der Waals surface area contributed by atoms with Gasteiger partial charge in [0.25, 0.3) is 0 Å². The smallest absolute Gasteiger partial charge is 0.00103 e. The summed E-state index contributed by atoms with van der Waals surface area (Å²) < 4.78 is 0. The van der Waals surface area contributed by atoms with Crippen LogP contribution >= 0.6 is 0 Å². The van der Waals surface area contributed by atoms with Crippen LogP contribution in [0.15, 0.2) is 0 Å². The summed E-state index contributed by atoms with van der Waals surface area (Å²) in [6.07, 6.45) is 18.8. The minimum Gasteiger partial charge on any atom is -0.315 e. The van der Waals surface area contributed by atoms with Crippen LogP contribution in [0.1, 0.15) is 111 Å². The molecule has 1 nitrogen and oxygen atoms in total. The van der Waals surface area contributed by atoms with Crippen LogP contribution in [0.3, 0.4) is 0 Å². The lowest BCUT2D eigenvalue weighted by molar-refractivity contribution is 0.500. The third kappa shape index (κ3) is 20.0. The largest absolute Gasteiger partial charge is 0.315 e. The standard InChI is InChI=1S/C20H43N/c1-19(2)17-15-13-11-9-7-5-6-8-10-12-14-16-18-21-20(3)4/h19-21H,5-18H2,1-4H3. The molecule has 0 fully saturated rings. The molecule has 0 bridgehead atoms. The molecule has 0 aliphatic rings. The fourth-order valence-corrected chi connectivity index (χ4v) is 2.84. The number of unbranched alkanes of at least 4 members (excludes halogenated alkanes) is 11. The van der Waals surface area contributed by atoms with Gasteiger partial charge in [-0.1, -0.05) is 105 Å². The lowest BCUT2D eigenvalue weighted by atomic mass is 10.0. The molecule has 0 saturated carbocycles. The van der Waals surface area contributed by atoms with Crippen molar-refractivity contribution in [2.75, 3.05) is 6.54 Å². The van der Waals surface area contributed by atoms with Crippen molar-refractivity contribution in [3.8, 4) is 0 Å². The molecule has 0 aromatic heterocycles. The van der Waals surface area contributed by atoms with Gasteiger partial charge in [-0.3, -0.25) is 0 Å². The Hall–Kier alpha value is -0.0400. The van der Waals surface area contributed by atoms with Gasteiger partial charge in [-0.05, 0) is 18.9 Å². The van der Waals surface area contributed by atoms with E-state index in [1.807, 2.05) is 0 Å². The van der Waals surface area contributed by atoms with Gasteiger partial charge in [0, 0.05) is 6.04 Å². The summed E-state index contributed by atoms with van der Waals surface area (Å²) in [5.74, 6) is 0.895. The summed E-state index contributed by atoms with van der Waals surface area (Å²) in [4.78, 5) is 0. The first-order valence-electron chi connectivity index (χ1n) is 9.86. The average Bonchev–Trinajstić information content (AvgIpc) is 2.42. The zero-order valence-corrected chi connectivity index (χ0v) is 15.6. The fourth-order valence-electron chi connectivity index (χ4n) is 2.84. The zero-order chi connectivity index (χ0) is 15.8. The van der Waals surface area contributed by atoms with E-state index in [9.17, 15) is 0 Å². The monoisotopic (exact) mass is 297 g/mol. The molecule has 0 spiro atoms. The summed E-state index contributed by atoms with van der Waals surface area (Å²) in [6, 6.07) is 0.648. The summed E-state index contributed by atoms with van der Waals surface area (Å²) in [7, 11) is 0. The van der Waals surface area contributed by atoms with Crippen molar-refractivity contribution in [1.29, 1.82) is 0 Å². The van der Waals surface area contributed by atoms with Gasteiger partial charge in [-0.15, -0.1) is 0 Å². The minimum absolute atomic E-state index is 0.648. The maximum Gasteiger partial charge on any atom is 0.00103 e. The Labute approximate surface area is 135 Å². The van der Waals surface area contributed by atoms with E-state index in [2.05, 4.69) is 33.0 Å². The second-order valence-corrected chi connectivity index (χ2v) is 7.53. The van der Waals surface area contributed by atoms with Gasteiger partial charge < -0.3 is 5.32 Å². The molecule has 128 valence electrons. The molecule has 0 heterocycles. The third-order valence-electron chi connectivity index (χ3n) is 4.26. The van der Waals surface area contributed by atoms with Gasteiger partial charge in [0.15, 0.2) is 0 Å². The first-order valence-corrected chi connectivity index (χ1v) is 9.86. The van der Waals surface area contributed by atoms with E-state index in [0.717, 1.165) is 5.92 Å². The normalized spacial score (nSPS) is 11.7. The van der Waals surface area contributed by atoms with Crippen LogP contribution in [0.5, 0.6) is 0 Å². The molecule has 0 aromatic carbocycles. The van der Waals surface area contributed by atoms with E-state index in [0.29, 0.717) is 6.04 Å². The van der Waals surface area contributed by atoms with Gasteiger partial charge in [0.2, 0.25) is 0 Å².